The van der Waals surface area contributed by atoms with Crippen LogP contribution in [-0.2, 0) is 19.6 Å². The van der Waals surface area contributed by atoms with Gasteiger partial charge in [-0.15, -0.1) is 0 Å². The van der Waals surface area contributed by atoms with Crippen molar-refractivity contribution in [2.24, 2.45) is 0 Å². The first kappa shape index (κ1) is 20.7. The summed E-state index contributed by atoms with van der Waals surface area (Å²) in [5.41, 5.74) is 3.95. The predicted octanol–water partition coefficient (Wildman–Crippen LogP) is 3.18. The van der Waals surface area contributed by atoms with E-state index in [-0.39, 0.29) is 17.5 Å². The lowest BCUT2D eigenvalue weighted by molar-refractivity contribution is 0.0745. The van der Waals surface area contributed by atoms with E-state index in [1.807, 2.05) is 60.4 Å². The number of rotatable bonds is 6. The summed E-state index contributed by atoms with van der Waals surface area (Å²) in [4.78, 5) is 27.5. The van der Waals surface area contributed by atoms with Crippen molar-refractivity contribution < 1.29 is 14.3 Å². The summed E-state index contributed by atoms with van der Waals surface area (Å²) >= 11 is 0. The zero-order valence-corrected chi connectivity index (χ0v) is 17.8. The number of ether oxygens (including phenoxy) is 1. The number of amides is 2. The number of carbonyl (C=O) groups is 2. The Morgan fingerprint density at radius 3 is 2.48 bits per heavy atom. The molecule has 1 aliphatic rings. The second-order valence-corrected chi connectivity index (χ2v) is 7.73. The SMILES string of the molecule is COc1ccc(CNC(=O)c2cc3n(n2)CCCN(Cc2ccc(C)cc2)C3=O)cc1. The molecule has 0 saturated heterocycles. The Labute approximate surface area is 181 Å². The summed E-state index contributed by atoms with van der Waals surface area (Å²) in [6.07, 6.45) is 0.791. The van der Waals surface area contributed by atoms with E-state index >= 15 is 0 Å². The first-order valence-corrected chi connectivity index (χ1v) is 10.4. The quantitative estimate of drug-likeness (QED) is 0.667. The first-order valence-electron chi connectivity index (χ1n) is 10.4. The van der Waals surface area contributed by atoms with E-state index in [0.29, 0.717) is 31.9 Å². The minimum Gasteiger partial charge on any atom is -0.497 e. The van der Waals surface area contributed by atoms with Gasteiger partial charge in [0.2, 0.25) is 0 Å². The van der Waals surface area contributed by atoms with Crippen molar-refractivity contribution in [2.75, 3.05) is 13.7 Å². The zero-order chi connectivity index (χ0) is 21.8. The summed E-state index contributed by atoms with van der Waals surface area (Å²) in [6, 6.07) is 17.3. The molecule has 1 N–H and O–H groups in total. The molecule has 2 aromatic carbocycles. The largest absolute Gasteiger partial charge is 0.497 e. The maximum atomic E-state index is 13.1. The average molecular weight is 418 g/mol. The van der Waals surface area contributed by atoms with Gasteiger partial charge in [0.1, 0.15) is 11.4 Å². The molecule has 2 heterocycles. The molecule has 2 amide bonds. The van der Waals surface area contributed by atoms with Gasteiger partial charge < -0.3 is 15.0 Å². The van der Waals surface area contributed by atoms with Crippen molar-refractivity contribution >= 4 is 11.8 Å². The molecule has 31 heavy (non-hydrogen) atoms. The molecule has 3 aromatic rings. The predicted molar refractivity (Wildman–Crippen MR) is 117 cm³/mol. The molecule has 1 aliphatic heterocycles. The monoisotopic (exact) mass is 418 g/mol. The van der Waals surface area contributed by atoms with E-state index < -0.39 is 0 Å². The number of nitrogens with zero attached hydrogens (tertiary/aromatic N) is 3. The Morgan fingerprint density at radius 2 is 1.77 bits per heavy atom. The Kier molecular flexibility index (Phi) is 6.02. The van der Waals surface area contributed by atoms with Crippen molar-refractivity contribution in [3.8, 4) is 5.75 Å². The van der Waals surface area contributed by atoms with Crippen molar-refractivity contribution in [1.29, 1.82) is 0 Å². The number of aryl methyl sites for hydroxylation is 2. The Bertz CT molecular complexity index is 1070. The van der Waals surface area contributed by atoms with E-state index in [1.54, 1.807) is 17.9 Å². The van der Waals surface area contributed by atoms with Crippen LogP contribution < -0.4 is 10.1 Å². The third-order valence-corrected chi connectivity index (χ3v) is 5.42. The highest BCUT2D eigenvalue weighted by Gasteiger charge is 2.26. The molecule has 0 spiro atoms. The van der Waals surface area contributed by atoms with Gasteiger partial charge in [-0.05, 0) is 36.6 Å². The number of fused-ring (bicyclic) bond motifs is 1. The summed E-state index contributed by atoms with van der Waals surface area (Å²) in [6.45, 7) is 4.23. The lowest BCUT2D eigenvalue weighted by Crippen LogP contribution is -2.30. The molecular formula is C24H26N4O3. The second kappa shape index (κ2) is 9.04. The first-order chi connectivity index (χ1) is 15.0. The molecular weight excluding hydrogens is 392 g/mol. The van der Waals surface area contributed by atoms with Gasteiger partial charge >= 0.3 is 0 Å². The van der Waals surface area contributed by atoms with Crippen LogP contribution in [0.15, 0.2) is 54.6 Å². The van der Waals surface area contributed by atoms with Gasteiger partial charge in [-0.2, -0.15) is 5.10 Å². The van der Waals surface area contributed by atoms with E-state index in [0.717, 1.165) is 23.3 Å². The summed E-state index contributed by atoms with van der Waals surface area (Å²) in [5, 5.41) is 7.26. The molecule has 1 aromatic heterocycles. The highest BCUT2D eigenvalue weighted by Crippen LogP contribution is 2.17. The fourth-order valence-corrected chi connectivity index (χ4v) is 3.63. The van der Waals surface area contributed by atoms with E-state index in [4.69, 9.17) is 4.74 Å². The smallest absolute Gasteiger partial charge is 0.272 e. The summed E-state index contributed by atoms with van der Waals surface area (Å²) < 4.78 is 6.80. The number of benzene rings is 2. The number of nitrogens with one attached hydrogen (secondary N) is 1. The Balaban J connectivity index is 1.44. The van der Waals surface area contributed by atoms with Gasteiger partial charge in [-0.1, -0.05) is 42.0 Å². The van der Waals surface area contributed by atoms with Crippen molar-refractivity contribution in [3.63, 3.8) is 0 Å². The number of aromatic nitrogens is 2. The van der Waals surface area contributed by atoms with Crippen LogP contribution in [0.1, 0.15) is 44.1 Å². The topological polar surface area (TPSA) is 76.5 Å². The molecule has 4 rings (SSSR count). The minimum absolute atomic E-state index is 0.0974. The zero-order valence-electron chi connectivity index (χ0n) is 17.8. The van der Waals surface area contributed by atoms with Gasteiger partial charge in [0.05, 0.1) is 7.11 Å². The number of carbonyl (C=O) groups excluding carboxylic acids is 2. The lowest BCUT2D eigenvalue weighted by atomic mass is 10.1. The fourth-order valence-electron chi connectivity index (χ4n) is 3.63. The molecule has 0 fully saturated rings. The Morgan fingerprint density at radius 1 is 1.06 bits per heavy atom. The van der Waals surface area contributed by atoms with Crippen LogP contribution in [-0.4, -0.2) is 40.1 Å². The summed E-state index contributed by atoms with van der Waals surface area (Å²) in [5.74, 6) is 0.371. The van der Waals surface area contributed by atoms with Gasteiger partial charge in [0.25, 0.3) is 11.8 Å². The average Bonchev–Trinajstić information content (AvgIpc) is 3.16. The van der Waals surface area contributed by atoms with Crippen LogP contribution in [0.25, 0.3) is 0 Å². The standard InChI is InChI=1S/C24H26N4O3/c1-17-4-6-19(7-5-17)16-27-12-3-13-28-22(24(27)30)14-21(26-28)23(29)25-15-18-8-10-20(31-2)11-9-18/h4-11,14H,3,12-13,15-16H2,1-2H3,(H,25,29). The van der Waals surface area contributed by atoms with Crippen LogP contribution >= 0.6 is 0 Å². The van der Waals surface area contributed by atoms with Gasteiger partial charge in [0, 0.05) is 32.2 Å². The van der Waals surface area contributed by atoms with Crippen molar-refractivity contribution in [3.05, 3.63) is 82.7 Å². The number of methoxy groups -OCH3 is 1. The maximum absolute atomic E-state index is 13.1. The highest BCUT2D eigenvalue weighted by molar-refractivity contribution is 5.98. The summed E-state index contributed by atoms with van der Waals surface area (Å²) in [7, 11) is 1.61. The van der Waals surface area contributed by atoms with Crippen LogP contribution in [0.4, 0.5) is 0 Å². The second-order valence-electron chi connectivity index (χ2n) is 7.73. The van der Waals surface area contributed by atoms with Crippen LogP contribution in [0.5, 0.6) is 5.75 Å². The Hall–Kier alpha value is -3.61. The molecule has 0 saturated carbocycles. The van der Waals surface area contributed by atoms with Gasteiger partial charge in [-0.3, -0.25) is 14.3 Å². The normalized spacial score (nSPS) is 13.5. The molecule has 160 valence electrons. The molecule has 0 bridgehead atoms. The molecule has 0 unspecified atom stereocenters. The van der Waals surface area contributed by atoms with Crippen molar-refractivity contribution in [1.82, 2.24) is 20.0 Å². The van der Waals surface area contributed by atoms with Crippen LogP contribution in [0, 0.1) is 6.92 Å². The van der Waals surface area contributed by atoms with Gasteiger partial charge in [0.15, 0.2) is 5.69 Å². The van der Waals surface area contributed by atoms with E-state index in [2.05, 4.69) is 10.4 Å². The van der Waals surface area contributed by atoms with Crippen LogP contribution in [0.3, 0.4) is 0 Å². The minimum atomic E-state index is -0.297. The van der Waals surface area contributed by atoms with E-state index in [9.17, 15) is 9.59 Å². The lowest BCUT2D eigenvalue weighted by Gasteiger charge is -2.20. The van der Waals surface area contributed by atoms with Crippen LogP contribution in [0.2, 0.25) is 0 Å². The maximum Gasteiger partial charge on any atom is 0.272 e. The number of hydrogen-bond donors (Lipinski definition) is 1. The highest BCUT2D eigenvalue weighted by atomic mass is 16.5. The van der Waals surface area contributed by atoms with Crippen molar-refractivity contribution in [2.45, 2.75) is 33.0 Å². The fraction of sp³-hybridized carbons (Fsp3) is 0.292. The third-order valence-electron chi connectivity index (χ3n) is 5.42. The number of hydrogen-bond acceptors (Lipinski definition) is 4. The van der Waals surface area contributed by atoms with E-state index in [1.165, 1.54) is 5.56 Å². The third kappa shape index (κ3) is 4.77. The molecule has 7 heteroatoms. The molecule has 0 atom stereocenters. The molecule has 0 radical (unpaired) electrons. The molecule has 0 aliphatic carbocycles. The molecule has 7 nitrogen and oxygen atoms in total. The van der Waals surface area contributed by atoms with Gasteiger partial charge in [-0.25, -0.2) is 0 Å².